The van der Waals surface area contributed by atoms with E-state index in [1.54, 1.807) is 0 Å². The predicted octanol–water partition coefficient (Wildman–Crippen LogP) is 1.23. The van der Waals surface area contributed by atoms with E-state index in [0.29, 0.717) is 6.42 Å². The summed E-state index contributed by atoms with van der Waals surface area (Å²) in [7, 11) is 0. The average molecular weight is 215 g/mol. The quantitative estimate of drug-likeness (QED) is 0.653. The third-order valence-electron chi connectivity index (χ3n) is 2.44. The van der Waals surface area contributed by atoms with Crippen molar-refractivity contribution in [3.63, 3.8) is 0 Å². The second-order valence-electron chi connectivity index (χ2n) is 3.80. The lowest BCUT2D eigenvalue weighted by Gasteiger charge is -2.10. The Hall–Kier alpha value is -1.10. The maximum absolute atomic E-state index is 11.2. The Morgan fingerprint density at radius 2 is 1.93 bits per heavy atom. The minimum Gasteiger partial charge on any atom is -0.481 e. The van der Waals surface area contributed by atoms with Crippen LogP contribution in [0, 0.1) is 0 Å². The molecule has 5 nitrogen and oxygen atoms in total. The molecule has 0 heterocycles. The maximum atomic E-state index is 11.2. The number of carboxylic acids is 1. The van der Waals surface area contributed by atoms with Crippen LogP contribution in [0.1, 0.15) is 44.9 Å². The molecule has 5 heteroatoms. The van der Waals surface area contributed by atoms with Crippen LogP contribution in [0.2, 0.25) is 0 Å². The van der Waals surface area contributed by atoms with Gasteiger partial charge in [0.15, 0.2) is 0 Å². The van der Waals surface area contributed by atoms with Crippen LogP contribution in [0.4, 0.5) is 0 Å². The molecular formula is C10H17NO4. The first-order chi connectivity index (χ1) is 7.18. The van der Waals surface area contributed by atoms with Crippen LogP contribution in [0.5, 0.6) is 0 Å². The van der Waals surface area contributed by atoms with Gasteiger partial charge in [-0.05, 0) is 19.3 Å². The zero-order valence-electron chi connectivity index (χ0n) is 8.70. The van der Waals surface area contributed by atoms with Crippen molar-refractivity contribution in [1.82, 2.24) is 5.48 Å². The first-order valence-electron chi connectivity index (χ1n) is 5.35. The van der Waals surface area contributed by atoms with Crippen LogP contribution in [-0.4, -0.2) is 23.1 Å². The molecule has 0 aromatic heterocycles. The molecule has 1 aliphatic carbocycles. The van der Waals surface area contributed by atoms with Gasteiger partial charge in [-0.1, -0.05) is 12.8 Å². The molecule has 0 bridgehead atoms. The summed E-state index contributed by atoms with van der Waals surface area (Å²) >= 11 is 0. The Morgan fingerprint density at radius 3 is 2.53 bits per heavy atom. The first-order valence-corrected chi connectivity index (χ1v) is 5.35. The van der Waals surface area contributed by atoms with Crippen molar-refractivity contribution in [2.24, 2.45) is 0 Å². The normalized spacial score (nSPS) is 16.5. The maximum Gasteiger partial charge on any atom is 0.303 e. The van der Waals surface area contributed by atoms with Crippen molar-refractivity contribution in [1.29, 1.82) is 0 Å². The fourth-order valence-corrected chi connectivity index (χ4v) is 1.61. The fraction of sp³-hybridized carbons (Fsp3) is 0.800. The summed E-state index contributed by atoms with van der Waals surface area (Å²) in [6.07, 6.45) is 5.03. The van der Waals surface area contributed by atoms with Gasteiger partial charge in [0.1, 0.15) is 0 Å². The van der Waals surface area contributed by atoms with Gasteiger partial charge in [-0.2, -0.15) is 0 Å². The van der Waals surface area contributed by atoms with E-state index in [-0.39, 0.29) is 24.9 Å². The highest BCUT2D eigenvalue weighted by Gasteiger charge is 2.16. The monoisotopic (exact) mass is 215 g/mol. The highest BCUT2D eigenvalue weighted by Crippen LogP contribution is 2.19. The van der Waals surface area contributed by atoms with Crippen molar-refractivity contribution < 1.29 is 19.5 Å². The largest absolute Gasteiger partial charge is 0.481 e. The van der Waals surface area contributed by atoms with Crippen LogP contribution >= 0.6 is 0 Å². The number of carboxylic acid groups (broad SMARTS) is 1. The van der Waals surface area contributed by atoms with E-state index in [0.717, 1.165) is 25.7 Å². The Labute approximate surface area is 88.8 Å². The van der Waals surface area contributed by atoms with E-state index < -0.39 is 5.97 Å². The van der Waals surface area contributed by atoms with Gasteiger partial charge in [-0.15, -0.1) is 0 Å². The van der Waals surface area contributed by atoms with Crippen LogP contribution in [-0.2, 0) is 14.4 Å². The van der Waals surface area contributed by atoms with Crippen LogP contribution < -0.4 is 5.48 Å². The lowest BCUT2D eigenvalue weighted by atomic mass is 10.2. The Morgan fingerprint density at radius 1 is 1.27 bits per heavy atom. The molecule has 1 amide bonds. The number of aliphatic carboxylic acids is 1. The number of nitrogens with one attached hydrogen (secondary N) is 1. The molecular weight excluding hydrogens is 198 g/mol. The Kier molecular flexibility index (Phi) is 5.10. The lowest BCUT2D eigenvalue weighted by Crippen LogP contribution is -2.28. The molecule has 1 fully saturated rings. The molecule has 1 saturated carbocycles. The number of carbonyl (C=O) groups is 2. The zero-order valence-corrected chi connectivity index (χ0v) is 8.70. The third-order valence-corrected chi connectivity index (χ3v) is 2.44. The van der Waals surface area contributed by atoms with Crippen molar-refractivity contribution in [2.45, 2.75) is 51.0 Å². The SMILES string of the molecule is O=C(O)CCCC(=O)NOC1CCCC1. The molecule has 1 aliphatic rings. The Balaban J connectivity index is 2.00. The van der Waals surface area contributed by atoms with Gasteiger partial charge in [0.05, 0.1) is 6.10 Å². The van der Waals surface area contributed by atoms with E-state index in [9.17, 15) is 9.59 Å². The zero-order chi connectivity index (χ0) is 11.1. The molecule has 2 N–H and O–H groups in total. The molecule has 0 aliphatic heterocycles. The highest BCUT2D eigenvalue weighted by atomic mass is 16.7. The summed E-state index contributed by atoms with van der Waals surface area (Å²) in [6.45, 7) is 0. The molecule has 0 aromatic carbocycles. The average Bonchev–Trinajstić information content (AvgIpc) is 2.66. The number of rotatable bonds is 6. The van der Waals surface area contributed by atoms with E-state index >= 15 is 0 Å². The molecule has 0 aromatic rings. The number of hydrogen-bond acceptors (Lipinski definition) is 3. The standard InChI is InChI=1S/C10H17NO4/c12-9(6-3-7-10(13)14)11-15-8-4-1-2-5-8/h8H,1-7H2,(H,11,12)(H,13,14). The summed E-state index contributed by atoms with van der Waals surface area (Å²) in [6, 6.07) is 0. The van der Waals surface area contributed by atoms with Gasteiger partial charge in [0.2, 0.25) is 5.91 Å². The van der Waals surface area contributed by atoms with Crippen molar-refractivity contribution in [3.8, 4) is 0 Å². The summed E-state index contributed by atoms with van der Waals surface area (Å²) in [5, 5.41) is 8.37. The molecule has 15 heavy (non-hydrogen) atoms. The molecule has 1 rings (SSSR count). The van der Waals surface area contributed by atoms with Gasteiger partial charge < -0.3 is 5.11 Å². The van der Waals surface area contributed by atoms with E-state index in [2.05, 4.69) is 5.48 Å². The van der Waals surface area contributed by atoms with Gasteiger partial charge in [0, 0.05) is 12.8 Å². The number of carbonyl (C=O) groups excluding carboxylic acids is 1. The number of amides is 1. The lowest BCUT2D eigenvalue weighted by molar-refractivity contribution is -0.139. The van der Waals surface area contributed by atoms with Crippen LogP contribution in [0.3, 0.4) is 0 Å². The molecule has 0 atom stereocenters. The van der Waals surface area contributed by atoms with Crippen molar-refractivity contribution in [3.05, 3.63) is 0 Å². The van der Waals surface area contributed by atoms with Crippen LogP contribution in [0.25, 0.3) is 0 Å². The predicted molar refractivity (Wildman–Crippen MR) is 53.0 cm³/mol. The smallest absolute Gasteiger partial charge is 0.303 e. The second kappa shape index (κ2) is 6.40. The van der Waals surface area contributed by atoms with E-state index in [1.807, 2.05) is 0 Å². The highest BCUT2D eigenvalue weighted by molar-refractivity contribution is 5.75. The fourth-order valence-electron chi connectivity index (χ4n) is 1.61. The van der Waals surface area contributed by atoms with Crippen molar-refractivity contribution >= 4 is 11.9 Å². The van der Waals surface area contributed by atoms with Gasteiger partial charge in [-0.25, -0.2) is 5.48 Å². The molecule has 0 spiro atoms. The van der Waals surface area contributed by atoms with Crippen molar-refractivity contribution in [2.75, 3.05) is 0 Å². The summed E-state index contributed by atoms with van der Waals surface area (Å²) in [5.41, 5.74) is 2.37. The first kappa shape index (κ1) is 12.0. The van der Waals surface area contributed by atoms with Crippen LogP contribution in [0.15, 0.2) is 0 Å². The molecule has 0 saturated heterocycles. The second-order valence-corrected chi connectivity index (χ2v) is 3.80. The van der Waals surface area contributed by atoms with Gasteiger partial charge in [0.25, 0.3) is 0 Å². The third kappa shape index (κ3) is 5.37. The molecule has 0 radical (unpaired) electrons. The summed E-state index contributed by atoms with van der Waals surface area (Å²) < 4.78 is 0. The van der Waals surface area contributed by atoms with Gasteiger partial charge >= 0.3 is 5.97 Å². The number of hydroxylamine groups is 1. The molecule has 86 valence electrons. The van der Waals surface area contributed by atoms with E-state index in [1.165, 1.54) is 0 Å². The topological polar surface area (TPSA) is 75.6 Å². The Bertz CT molecular complexity index is 223. The minimum absolute atomic E-state index is 0.0247. The number of hydrogen-bond donors (Lipinski definition) is 2. The summed E-state index contributed by atoms with van der Waals surface area (Å²) in [4.78, 5) is 26.5. The van der Waals surface area contributed by atoms with Gasteiger partial charge in [-0.3, -0.25) is 14.4 Å². The van der Waals surface area contributed by atoms with E-state index in [4.69, 9.17) is 9.94 Å². The molecule has 0 unspecified atom stereocenters. The minimum atomic E-state index is -0.875. The summed E-state index contributed by atoms with van der Waals surface area (Å²) in [5.74, 6) is -1.11.